The van der Waals surface area contributed by atoms with Gasteiger partial charge in [-0.1, -0.05) is 43.4 Å². The highest BCUT2D eigenvalue weighted by molar-refractivity contribution is 7.85. The lowest BCUT2D eigenvalue weighted by molar-refractivity contribution is -0.427. The van der Waals surface area contributed by atoms with Crippen LogP contribution in [-0.4, -0.2) is 71.3 Å². The highest BCUT2D eigenvalue weighted by Gasteiger charge is 2.42. The third-order valence-corrected chi connectivity index (χ3v) is 14.7. The molecular weight excluding hydrogens is 717 g/mol. The molecule has 0 spiro atoms. The van der Waals surface area contributed by atoms with Crippen LogP contribution in [0.25, 0.3) is 5.57 Å². The van der Waals surface area contributed by atoms with Crippen LogP contribution in [0.1, 0.15) is 22.3 Å². The number of rotatable bonds is 5. The van der Waals surface area contributed by atoms with Crippen LogP contribution in [0.2, 0.25) is 13.1 Å². The maximum Gasteiger partial charge on any atom is 0.425 e. The molecule has 0 aromatic heterocycles. The summed E-state index contributed by atoms with van der Waals surface area (Å²) < 4.78 is 72.9. The second kappa shape index (κ2) is 13.5. The van der Waals surface area contributed by atoms with Crippen molar-refractivity contribution in [1.82, 2.24) is 0 Å². The molecule has 0 saturated heterocycles. The van der Waals surface area contributed by atoms with Crippen LogP contribution < -0.4 is 19.6 Å². The Morgan fingerprint density at radius 3 is 2.25 bits per heavy atom. The topological polar surface area (TPSA) is 130 Å². The number of para-hydroxylation sites is 1. The molecule has 52 heavy (non-hydrogen) atoms. The fraction of sp³-hybridized carbons (Fsp3) is 0.205. The van der Waals surface area contributed by atoms with E-state index in [2.05, 4.69) is 83.3 Å². The molecule has 3 aliphatic heterocycles. The number of methoxy groups -OCH3 is 2. The summed E-state index contributed by atoms with van der Waals surface area (Å²) in [6.45, 7) is 6.54. The van der Waals surface area contributed by atoms with Gasteiger partial charge in [0, 0.05) is 53.7 Å². The molecule has 1 N–H and O–H groups in total. The SMILES string of the molecule is COc1cccc(OC)c1C1=C2C=CC(=[N+]3CCc4cc(S(=O)(=O)O)ccc43)C=C2[Si](C)(C)c2cc(N3CCc4ccccc43)ccc21.O=S(=O)=O. The fourth-order valence-electron chi connectivity index (χ4n) is 7.94. The van der Waals surface area contributed by atoms with Gasteiger partial charge in [-0.2, -0.15) is 13.0 Å². The minimum Gasteiger partial charge on any atom is -0.496 e. The van der Waals surface area contributed by atoms with Crippen molar-refractivity contribution in [2.24, 2.45) is 0 Å². The molecule has 0 fully saturated rings. The number of anilines is 2. The van der Waals surface area contributed by atoms with E-state index in [9.17, 15) is 13.0 Å². The van der Waals surface area contributed by atoms with Crippen LogP contribution in [0.3, 0.4) is 0 Å². The third kappa shape index (κ3) is 6.13. The second-order valence-corrected chi connectivity index (χ2v) is 19.6. The minimum atomic E-state index is -4.27. The third-order valence-electron chi connectivity index (χ3n) is 10.3. The zero-order chi connectivity index (χ0) is 36.9. The van der Waals surface area contributed by atoms with Crippen molar-refractivity contribution < 1.29 is 39.6 Å². The van der Waals surface area contributed by atoms with E-state index < -0.39 is 28.8 Å². The van der Waals surface area contributed by atoms with E-state index in [1.54, 1.807) is 26.4 Å². The first kappa shape index (κ1) is 35.3. The van der Waals surface area contributed by atoms with Crippen LogP contribution in [0.15, 0.2) is 113 Å². The molecule has 0 amide bonds. The van der Waals surface area contributed by atoms with Gasteiger partial charge < -0.3 is 14.4 Å². The van der Waals surface area contributed by atoms with Crippen LogP contribution in [0.5, 0.6) is 11.5 Å². The largest absolute Gasteiger partial charge is 0.496 e. The average Bonchev–Trinajstić information content (AvgIpc) is 3.75. The first-order valence-corrected chi connectivity index (χ1v) is 22.2. The van der Waals surface area contributed by atoms with Gasteiger partial charge in [-0.25, -0.2) is 0 Å². The van der Waals surface area contributed by atoms with Crippen LogP contribution in [0.4, 0.5) is 17.1 Å². The summed E-state index contributed by atoms with van der Waals surface area (Å²) in [7, 11) is -6.28. The zero-order valence-corrected chi connectivity index (χ0v) is 31.7. The predicted molar refractivity (Wildman–Crippen MR) is 203 cm³/mol. The van der Waals surface area contributed by atoms with Crippen LogP contribution in [0, 0.1) is 0 Å². The first-order valence-electron chi connectivity index (χ1n) is 16.7. The molecule has 0 atom stereocenters. The molecule has 4 aliphatic rings. The minimum absolute atomic E-state index is 0.0693. The second-order valence-electron chi connectivity index (χ2n) is 13.4. The number of ether oxygens (including phenoxy) is 2. The number of allylic oxidation sites excluding steroid dienone is 5. The maximum absolute atomic E-state index is 11.8. The Bertz CT molecular complexity index is 2490. The van der Waals surface area contributed by atoms with Gasteiger partial charge in [-0.3, -0.25) is 4.55 Å². The molecule has 0 bridgehead atoms. The van der Waals surface area contributed by atoms with E-state index in [4.69, 9.17) is 22.1 Å². The lowest BCUT2D eigenvalue weighted by Gasteiger charge is -2.38. The molecule has 1 aliphatic carbocycles. The lowest BCUT2D eigenvalue weighted by atomic mass is 9.88. The molecule has 10 nitrogen and oxygen atoms in total. The van der Waals surface area contributed by atoms with Crippen LogP contribution >= 0.6 is 0 Å². The summed E-state index contributed by atoms with van der Waals surface area (Å²) in [5.74, 6) is 1.51. The smallest absolute Gasteiger partial charge is 0.425 e. The Morgan fingerprint density at radius 1 is 0.846 bits per heavy atom. The molecule has 0 radical (unpaired) electrons. The van der Waals surface area contributed by atoms with Crippen molar-refractivity contribution in [3.8, 4) is 11.5 Å². The fourth-order valence-corrected chi connectivity index (χ4v) is 11.5. The highest BCUT2D eigenvalue weighted by atomic mass is 32.2. The summed E-state index contributed by atoms with van der Waals surface area (Å²) in [6, 6.07) is 26.5. The van der Waals surface area contributed by atoms with Crippen molar-refractivity contribution in [2.45, 2.75) is 30.8 Å². The zero-order valence-electron chi connectivity index (χ0n) is 29.1. The molecule has 0 saturated carbocycles. The Labute approximate surface area is 305 Å². The molecule has 4 aromatic carbocycles. The monoisotopic (exact) mass is 753 g/mol. The Hall–Kier alpha value is -5.08. The van der Waals surface area contributed by atoms with Crippen molar-refractivity contribution in [3.05, 3.63) is 130 Å². The van der Waals surface area contributed by atoms with Gasteiger partial charge in [-0.05, 0) is 82.0 Å². The van der Waals surface area contributed by atoms with E-state index in [1.165, 1.54) is 44.5 Å². The van der Waals surface area contributed by atoms with Gasteiger partial charge in [-0.15, -0.1) is 12.6 Å². The predicted octanol–water partition coefficient (Wildman–Crippen LogP) is 5.75. The van der Waals surface area contributed by atoms with E-state index in [1.807, 2.05) is 18.2 Å². The van der Waals surface area contributed by atoms with E-state index in [0.29, 0.717) is 6.42 Å². The molecular formula is C39H37N2O8S2Si+. The van der Waals surface area contributed by atoms with Crippen molar-refractivity contribution in [2.75, 3.05) is 32.2 Å². The number of hydrogen-bond acceptors (Lipinski definition) is 8. The Morgan fingerprint density at radius 2 is 1.56 bits per heavy atom. The van der Waals surface area contributed by atoms with Crippen LogP contribution in [-0.2, 0) is 33.6 Å². The van der Waals surface area contributed by atoms with Gasteiger partial charge in [0.1, 0.15) is 19.6 Å². The van der Waals surface area contributed by atoms with Gasteiger partial charge >= 0.3 is 10.6 Å². The standard InChI is InChI=1S/C39H36N2O5SSi.O3S/c1-45-34-10-7-11-35(46-2)39(34)38-30-15-12-27(40-20-18-25-8-5-6-9-32(25)40)23-36(30)48(3,4)37-24-28(13-16-31(37)38)41-21-19-26-22-29(47(42,43)44)14-17-33(26)41;1-4(2)3/h5-17,22-24H,18-21H2,1-4H3;/p+1. The van der Waals surface area contributed by atoms with E-state index in [-0.39, 0.29) is 4.90 Å². The first-order chi connectivity index (χ1) is 24.8. The van der Waals surface area contributed by atoms with Crippen molar-refractivity contribution >= 4 is 62.3 Å². The number of hydrogen-bond donors (Lipinski definition) is 1. The molecule has 8 rings (SSSR count). The highest BCUT2D eigenvalue weighted by Crippen LogP contribution is 2.48. The van der Waals surface area contributed by atoms with E-state index >= 15 is 0 Å². The summed E-state index contributed by atoms with van der Waals surface area (Å²) in [5.41, 5.74) is 11.2. The molecule has 13 heteroatoms. The van der Waals surface area contributed by atoms with Crippen molar-refractivity contribution in [1.29, 1.82) is 0 Å². The molecule has 3 heterocycles. The molecule has 4 aromatic rings. The molecule has 0 unspecified atom stereocenters. The maximum atomic E-state index is 11.8. The Kier molecular flexibility index (Phi) is 9.15. The quantitative estimate of drug-likeness (QED) is 0.154. The average molecular weight is 754 g/mol. The Balaban J connectivity index is 0.00000100. The van der Waals surface area contributed by atoms with Gasteiger partial charge in [0.2, 0.25) is 11.4 Å². The molecule has 266 valence electrons. The summed E-state index contributed by atoms with van der Waals surface area (Å²) in [4.78, 5) is 2.37. The summed E-state index contributed by atoms with van der Waals surface area (Å²) in [5, 5.41) is 2.68. The number of nitrogens with zero attached hydrogens (tertiary/aromatic N) is 2. The van der Waals surface area contributed by atoms with Gasteiger partial charge in [0.25, 0.3) is 10.1 Å². The normalized spacial score (nSPS) is 18.0. The van der Waals surface area contributed by atoms with Gasteiger partial charge in [0.15, 0.2) is 6.54 Å². The number of benzene rings is 4. The summed E-state index contributed by atoms with van der Waals surface area (Å²) >= 11 is 0. The lowest BCUT2D eigenvalue weighted by Crippen LogP contribution is -2.49. The van der Waals surface area contributed by atoms with E-state index in [0.717, 1.165) is 59.1 Å². The summed E-state index contributed by atoms with van der Waals surface area (Å²) in [6.07, 6.45) is 8.46. The van der Waals surface area contributed by atoms with Gasteiger partial charge in [0.05, 0.1) is 24.7 Å². The van der Waals surface area contributed by atoms with Crippen molar-refractivity contribution in [3.63, 3.8) is 0 Å². The number of fused-ring (bicyclic) bond motifs is 4.